The van der Waals surface area contributed by atoms with Crippen molar-refractivity contribution in [2.75, 3.05) is 6.54 Å². The summed E-state index contributed by atoms with van der Waals surface area (Å²) in [4.78, 5) is 36.7. The quantitative estimate of drug-likeness (QED) is 0.280. The Labute approximate surface area is 212 Å². The van der Waals surface area contributed by atoms with Crippen LogP contribution in [0, 0.1) is 0 Å². The van der Waals surface area contributed by atoms with E-state index in [0.717, 1.165) is 37.6 Å². The van der Waals surface area contributed by atoms with Gasteiger partial charge in [0, 0.05) is 37.0 Å². The number of aromatic amines is 1. The molecule has 0 spiro atoms. The van der Waals surface area contributed by atoms with E-state index in [1.54, 1.807) is 24.7 Å². The number of nitrogens with zero attached hydrogens (tertiary/aromatic N) is 2. The number of nitrogens with one attached hydrogen (secondary N) is 3. The van der Waals surface area contributed by atoms with Crippen LogP contribution >= 0.6 is 11.3 Å². The zero-order valence-electron chi connectivity index (χ0n) is 19.5. The van der Waals surface area contributed by atoms with Crippen molar-refractivity contribution < 1.29 is 9.59 Å². The van der Waals surface area contributed by atoms with Gasteiger partial charge in [-0.2, -0.15) is 0 Å². The number of aromatic nitrogens is 3. The van der Waals surface area contributed by atoms with Gasteiger partial charge in [0.05, 0.1) is 23.0 Å². The first-order valence-corrected chi connectivity index (χ1v) is 12.5. The van der Waals surface area contributed by atoms with E-state index in [2.05, 4.69) is 49.9 Å². The van der Waals surface area contributed by atoms with Crippen molar-refractivity contribution >= 4 is 33.4 Å². The molecule has 0 atom stereocenters. The van der Waals surface area contributed by atoms with Crippen LogP contribution in [-0.2, 0) is 24.2 Å². The fourth-order valence-electron chi connectivity index (χ4n) is 3.92. The van der Waals surface area contributed by atoms with E-state index in [-0.39, 0.29) is 18.2 Å². The Hall–Kier alpha value is -4.30. The van der Waals surface area contributed by atoms with Gasteiger partial charge in [-0.3, -0.25) is 9.59 Å². The molecule has 0 aliphatic heterocycles. The predicted octanol–water partition coefficient (Wildman–Crippen LogP) is 4.52. The third-order valence-electron chi connectivity index (χ3n) is 5.77. The standard InChI is InChI=1S/C28H25N5O2S/c34-26(15-27-33-24-10-9-21(14-25(24)36-27)20-6-2-1-3-7-20)31-16-19-5-4-8-22(13-19)28(35)30-12-11-23-17-29-18-32-23/h1-10,13-14,17-18H,11-12,15-16H2,(H,29,32)(H,30,35)(H,31,34). The first-order chi connectivity index (χ1) is 17.6. The van der Waals surface area contributed by atoms with Gasteiger partial charge in [-0.1, -0.05) is 48.5 Å². The second-order valence-corrected chi connectivity index (χ2v) is 9.51. The molecule has 2 amide bonds. The number of imidazole rings is 1. The Bertz CT molecular complexity index is 1480. The number of H-pyrrole nitrogens is 1. The van der Waals surface area contributed by atoms with Crippen molar-refractivity contribution in [1.82, 2.24) is 25.6 Å². The molecule has 7 nitrogen and oxygen atoms in total. The molecule has 36 heavy (non-hydrogen) atoms. The van der Waals surface area contributed by atoms with Crippen LogP contribution in [0.25, 0.3) is 21.3 Å². The lowest BCUT2D eigenvalue weighted by atomic mass is 10.1. The maximum atomic E-state index is 12.6. The lowest BCUT2D eigenvalue weighted by Gasteiger charge is -2.08. The molecule has 2 heterocycles. The molecule has 0 bridgehead atoms. The lowest BCUT2D eigenvalue weighted by molar-refractivity contribution is -0.120. The topological polar surface area (TPSA) is 99.8 Å². The molecule has 3 aromatic carbocycles. The number of rotatable bonds is 9. The van der Waals surface area contributed by atoms with Crippen molar-refractivity contribution in [1.29, 1.82) is 0 Å². The molecule has 0 fully saturated rings. The maximum Gasteiger partial charge on any atom is 0.251 e. The van der Waals surface area contributed by atoms with E-state index in [1.165, 1.54) is 11.3 Å². The maximum absolute atomic E-state index is 12.6. The van der Waals surface area contributed by atoms with E-state index in [1.807, 2.05) is 36.4 Å². The molecule has 180 valence electrons. The van der Waals surface area contributed by atoms with Crippen LogP contribution in [0.2, 0.25) is 0 Å². The summed E-state index contributed by atoms with van der Waals surface area (Å²) in [6.45, 7) is 0.855. The lowest BCUT2D eigenvalue weighted by Crippen LogP contribution is -2.27. The minimum absolute atomic E-state index is 0.105. The van der Waals surface area contributed by atoms with E-state index in [9.17, 15) is 9.59 Å². The van der Waals surface area contributed by atoms with Gasteiger partial charge >= 0.3 is 0 Å². The Balaban J connectivity index is 1.15. The molecule has 0 radical (unpaired) electrons. The van der Waals surface area contributed by atoms with Gasteiger partial charge in [0.1, 0.15) is 5.01 Å². The summed E-state index contributed by atoms with van der Waals surface area (Å²) in [5, 5.41) is 6.63. The van der Waals surface area contributed by atoms with Crippen LogP contribution in [0.1, 0.15) is 26.6 Å². The summed E-state index contributed by atoms with van der Waals surface area (Å²) in [6, 6.07) is 23.7. The van der Waals surface area contributed by atoms with Gasteiger partial charge in [-0.15, -0.1) is 11.3 Å². The summed E-state index contributed by atoms with van der Waals surface area (Å²) in [5.41, 5.74) is 5.58. The Kier molecular flexibility index (Phi) is 7.14. The van der Waals surface area contributed by atoms with Gasteiger partial charge in [-0.25, -0.2) is 9.97 Å². The second kappa shape index (κ2) is 11.0. The Morgan fingerprint density at radius 2 is 1.81 bits per heavy atom. The molecular weight excluding hydrogens is 470 g/mol. The van der Waals surface area contributed by atoms with Crippen molar-refractivity contribution in [2.45, 2.75) is 19.4 Å². The molecule has 0 aliphatic carbocycles. The van der Waals surface area contributed by atoms with Gasteiger partial charge in [0.25, 0.3) is 5.91 Å². The zero-order valence-corrected chi connectivity index (χ0v) is 20.3. The summed E-state index contributed by atoms with van der Waals surface area (Å²) in [7, 11) is 0. The minimum Gasteiger partial charge on any atom is -0.352 e. The highest BCUT2D eigenvalue weighted by Gasteiger charge is 2.11. The number of amides is 2. The smallest absolute Gasteiger partial charge is 0.251 e. The molecule has 2 aromatic heterocycles. The van der Waals surface area contributed by atoms with Gasteiger partial charge < -0.3 is 15.6 Å². The summed E-state index contributed by atoms with van der Waals surface area (Å²) in [6.07, 6.45) is 4.26. The largest absolute Gasteiger partial charge is 0.352 e. The third-order valence-corrected chi connectivity index (χ3v) is 6.78. The molecule has 3 N–H and O–H groups in total. The molecular formula is C28H25N5O2S. The molecule has 0 saturated carbocycles. The summed E-state index contributed by atoms with van der Waals surface area (Å²) in [5.74, 6) is -0.251. The number of carbonyl (C=O) groups is 2. The number of fused-ring (bicyclic) bond motifs is 1. The first kappa shape index (κ1) is 23.4. The van der Waals surface area contributed by atoms with Crippen molar-refractivity contribution in [2.24, 2.45) is 0 Å². The van der Waals surface area contributed by atoms with E-state index < -0.39 is 0 Å². The number of benzene rings is 3. The molecule has 8 heteroatoms. The third kappa shape index (κ3) is 5.84. The van der Waals surface area contributed by atoms with Crippen LogP contribution in [0.4, 0.5) is 0 Å². The van der Waals surface area contributed by atoms with E-state index >= 15 is 0 Å². The number of carbonyl (C=O) groups excluding carboxylic acids is 2. The molecule has 0 aliphatic rings. The van der Waals surface area contributed by atoms with E-state index in [0.29, 0.717) is 25.1 Å². The minimum atomic E-state index is -0.146. The number of thiazole rings is 1. The molecule has 0 saturated heterocycles. The number of hydrogen-bond donors (Lipinski definition) is 3. The zero-order chi connectivity index (χ0) is 24.7. The summed E-state index contributed by atoms with van der Waals surface area (Å²) >= 11 is 1.54. The SMILES string of the molecule is O=C(Cc1nc2ccc(-c3ccccc3)cc2s1)NCc1cccc(C(=O)NCCc2cnc[nH]2)c1. The van der Waals surface area contributed by atoms with Gasteiger partial charge in [0.15, 0.2) is 0 Å². The Morgan fingerprint density at radius 3 is 2.64 bits per heavy atom. The van der Waals surface area contributed by atoms with Crippen LogP contribution in [-0.4, -0.2) is 33.3 Å². The van der Waals surface area contributed by atoms with Gasteiger partial charge in [0.2, 0.25) is 5.91 Å². The average molecular weight is 496 g/mol. The number of hydrogen-bond acceptors (Lipinski definition) is 5. The molecule has 0 unspecified atom stereocenters. The van der Waals surface area contributed by atoms with Crippen LogP contribution in [0.3, 0.4) is 0 Å². The van der Waals surface area contributed by atoms with Crippen molar-refractivity contribution in [3.8, 4) is 11.1 Å². The average Bonchev–Trinajstić information content (AvgIpc) is 3.57. The fourth-order valence-corrected chi connectivity index (χ4v) is 4.92. The second-order valence-electron chi connectivity index (χ2n) is 8.39. The molecule has 5 rings (SSSR count). The van der Waals surface area contributed by atoms with Crippen LogP contribution < -0.4 is 10.6 Å². The van der Waals surface area contributed by atoms with Crippen LogP contribution in [0.5, 0.6) is 0 Å². The highest BCUT2D eigenvalue weighted by molar-refractivity contribution is 7.18. The van der Waals surface area contributed by atoms with Crippen molar-refractivity contribution in [3.63, 3.8) is 0 Å². The molecule has 5 aromatic rings. The highest BCUT2D eigenvalue weighted by Crippen LogP contribution is 2.28. The first-order valence-electron chi connectivity index (χ1n) is 11.7. The monoisotopic (exact) mass is 495 g/mol. The fraction of sp³-hybridized carbons (Fsp3) is 0.143. The van der Waals surface area contributed by atoms with Crippen LogP contribution in [0.15, 0.2) is 85.3 Å². The highest BCUT2D eigenvalue weighted by atomic mass is 32.1. The normalized spacial score (nSPS) is 10.9. The predicted molar refractivity (Wildman–Crippen MR) is 142 cm³/mol. The van der Waals surface area contributed by atoms with Gasteiger partial charge in [-0.05, 0) is 41.0 Å². The summed E-state index contributed by atoms with van der Waals surface area (Å²) < 4.78 is 1.06. The van der Waals surface area contributed by atoms with Crippen molar-refractivity contribution in [3.05, 3.63) is 107 Å². The van der Waals surface area contributed by atoms with E-state index in [4.69, 9.17) is 0 Å². The Morgan fingerprint density at radius 1 is 0.917 bits per heavy atom.